The number of carboxylic acid groups (broad SMARTS) is 1. The van der Waals surface area contributed by atoms with Gasteiger partial charge in [0.1, 0.15) is 6.29 Å². The first kappa shape index (κ1) is 23.5. The van der Waals surface area contributed by atoms with Crippen LogP contribution in [0.1, 0.15) is 25.7 Å². The standard InChI is InChI=1S/C25H31N3O4/c1-26(24(30)12-7-19-29)17-18-27-15-13-21(14-16-27)28(25(31)32)23-11-6-5-10-22(23)20-8-3-2-4-9-20/h2-6,8-11,19,21H,7,12-18H2,1H3,(H,31,32). The third-order valence-electron chi connectivity index (χ3n) is 6.03. The molecule has 1 saturated heterocycles. The Kier molecular flexibility index (Phi) is 8.39. The number of benzene rings is 2. The summed E-state index contributed by atoms with van der Waals surface area (Å²) >= 11 is 0. The van der Waals surface area contributed by atoms with Gasteiger partial charge in [-0.25, -0.2) is 4.79 Å². The molecule has 0 bridgehead atoms. The summed E-state index contributed by atoms with van der Waals surface area (Å²) in [5, 5.41) is 10.1. The van der Waals surface area contributed by atoms with Gasteiger partial charge in [0.15, 0.2) is 0 Å². The Hall–Kier alpha value is -3.19. The topological polar surface area (TPSA) is 81.2 Å². The molecule has 2 aromatic carbocycles. The van der Waals surface area contributed by atoms with Crippen molar-refractivity contribution in [2.75, 3.05) is 38.1 Å². The number of hydrogen-bond donors (Lipinski definition) is 1. The minimum absolute atomic E-state index is 0.0263. The molecule has 0 atom stereocenters. The molecule has 0 unspecified atom stereocenters. The van der Waals surface area contributed by atoms with E-state index in [2.05, 4.69) is 4.90 Å². The lowest BCUT2D eigenvalue weighted by Gasteiger charge is -2.38. The van der Waals surface area contributed by atoms with E-state index in [4.69, 9.17) is 0 Å². The van der Waals surface area contributed by atoms with Gasteiger partial charge < -0.3 is 19.7 Å². The third kappa shape index (κ3) is 5.95. The van der Waals surface area contributed by atoms with Crippen LogP contribution in [0.3, 0.4) is 0 Å². The summed E-state index contributed by atoms with van der Waals surface area (Å²) in [6.45, 7) is 2.89. The number of nitrogens with zero attached hydrogens (tertiary/aromatic N) is 3. The SMILES string of the molecule is CN(CCN1CCC(N(C(=O)O)c2ccccc2-c2ccccc2)CC1)C(=O)CCC=O. The number of likely N-dealkylation sites (tertiary alicyclic amines) is 1. The predicted molar refractivity (Wildman–Crippen MR) is 125 cm³/mol. The summed E-state index contributed by atoms with van der Waals surface area (Å²) in [4.78, 5) is 40.2. The number of anilines is 1. The van der Waals surface area contributed by atoms with Crippen molar-refractivity contribution in [3.8, 4) is 11.1 Å². The van der Waals surface area contributed by atoms with Crippen LogP contribution in [0.25, 0.3) is 11.1 Å². The van der Waals surface area contributed by atoms with Crippen LogP contribution in [0, 0.1) is 0 Å². The lowest BCUT2D eigenvalue weighted by atomic mass is 9.98. The summed E-state index contributed by atoms with van der Waals surface area (Å²) in [7, 11) is 1.76. The maximum Gasteiger partial charge on any atom is 0.412 e. The van der Waals surface area contributed by atoms with Crippen LogP contribution in [0.4, 0.5) is 10.5 Å². The van der Waals surface area contributed by atoms with Gasteiger partial charge >= 0.3 is 6.09 Å². The second kappa shape index (κ2) is 11.4. The predicted octanol–water partition coefficient (Wildman–Crippen LogP) is 3.74. The highest BCUT2D eigenvalue weighted by Crippen LogP contribution is 2.34. The van der Waals surface area contributed by atoms with Crippen LogP contribution in [0.2, 0.25) is 0 Å². The lowest BCUT2D eigenvalue weighted by Crippen LogP contribution is -2.48. The van der Waals surface area contributed by atoms with E-state index >= 15 is 0 Å². The van der Waals surface area contributed by atoms with Gasteiger partial charge in [0.05, 0.1) is 5.69 Å². The zero-order valence-electron chi connectivity index (χ0n) is 18.5. The first-order valence-corrected chi connectivity index (χ1v) is 11.1. The molecule has 3 rings (SSSR count). The Labute approximate surface area is 189 Å². The molecular weight excluding hydrogens is 406 g/mol. The summed E-state index contributed by atoms with van der Waals surface area (Å²) in [6, 6.07) is 17.4. The van der Waals surface area contributed by atoms with E-state index < -0.39 is 6.09 Å². The molecule has 0 aliphatic carbocycles. The van der Waals surface area contributed by atoms with Crippen molar-refractivity contribution in [2.45, 2.75) is 31.7 Å². The van der Waals surface area contributed by atoms with Crippen molar-refractivity contribution in [3.05, 3.63) is 54.6 Å². The molecule has 0 aromatic heterocycles. The number of para-hydroxylation sites is 1. The number of amides is 2. The molecule has 0 spiro atoms. The first-order valence-electron chi connectivity index (χ1n) is 11.1. The molecule has 0 radical (unpaired) electrons. The van der Waals surface area contributed by atoms with E-state index in [1.54, 1.807) is 11.9 Å². The van der Waals surface area contributed by atoms with Crippen LogP contribution >= 0.6 is 0 Å². The molecule has 7 heteroatoms. The average Bonchev–Trinajstić information content (AvgIpc) is 2.82. The second-order valence-corrected chi connectivity index (χ2v) is 8.13. The Morgan fingerprint density at radius 2 is 1.72 bits per heavy atom. The normalized spacial score (nSPS) is 14.7. The third-order valence-corrected chi connectivity index (χ3v) is 6.03. The van der Waals surface area contributed by atoms with Crippen molar-refractivity contribution < 1.29 is 19.5 Å². The van der Waals surface area contributed by atoms with E-state index in [0.29, 0.717) is 12.2 Å². The smallest absolute Gasteiger partial charge is 0.412 e. The minimum atomic E-state index is -0.938. The van der Waals surface area contributed by atoms with Crippen LogP contribution in [-0.4, -0.2) is 72.5 Å². The minimum Gasteiger partial charge on any atom is -0.465 e. The van der Waals surface area contributed by atoms with Gasteiger partial charge in [0.25, 0.3) is 0 Å². The van der Waals surface area contributed by atoms with E-state index in [1.807, 2.05) is 54.6 Å². The average molecular weight is 438 g/mol. The first-order chi connectivity index (χ1) is 15.5. The fourth-order valence-corrected chi connectivity index (χ4v) is 4.19. The molecule has 2 aromatic rings. The number of carbonyl (C=O) groups excluding carboxylic acids is 2. The Morgan fingerprint density at radius 1 is 1.06 bits per heavy atom. The van der Waals surface area contributed by atoms with Crippen molar-refractivity contribution in [3.63, 3.8) is 0 Å². The fraction of sp³-hybridized carbons (Fsp3) is 0.400. The highest BCUT2D eigenvalue weighted by atomic mass is 16.4. The van der Waals surface area contributed by atoms with Crippen molar-refractivity contribution in [2.24, 2.45) is 0 Å². The van der Waals surface area contributed by atoms with E-state index in [1.165, 1.54) is 4.90 Å². The number of rotatable bonds is 9. The van der Waals surface area contributed by atoms with Gasteiger partial charge in [0.2, 0.25) is 5.91 Å². The molecule has 1 aliphatic heterocycles. The molecule has 0 saturated carbocycles. The molecule has 1 heterocycles. The van der Waals surface area contributed by atoms with Gasteiger partial charge in [-0.3, -0.25) is 9.69 Å². The van der Waals surface area contributed by atoms with E-state index in [0.717, 1.165) is 49.9 Å². The molecule has 2 amide bonds. The van der Waals surface area contributed by atoms with E-state index in [9.17, 15) is 19.5 Å². The molecule has 1 N–H and O–H groups in total. The zero-order chi connectivity index (χ0) is 22.9. The summed E-state index contributed by atoms with van der Waals surface area (Å²) in [5.74, 6) is -0.0263. The van der Waals surface area contributed by atoms with Gasteiger partial charge in [-0.15, -0.1) is 0 Å². The monoisotopic (exact) mass is 437 g/mol. The summed E-state index contributed by atoms with van der Waals surface area (Å²) < 4.78 is 0. The molecule has 1 aliphatic rings. The fourth-order valence-electron chi connectivity index (χ4n) is 4.19. The van der Waals surface area contributed by atoms with Crippen LogP contribution in [-0.2, 0) is 9.59 Å². The van der Waals surface area contributed by atoms with Crippen molar-refractivity contribution in [1.82, 2.24) is 9.80 Å². The molecule has 1 fully saturated rings. The number of likely N-dealkylation sites (N-methyl/N-ethyl adjacent to an activating group) is 1. The number of piperidine rings is 1. The Balaban J connectivity index is 1.63. The van der Waals surface area contributed by atoms with E-state index in [-0.39, 0.29) is 24.8 Å². The van der Waals surface area contributed by atoms with Crippen LogP contribution in [0.5, 0.6) is 0 Å². The van der Waals surface area contributed by atoms with Gasteiger partial charge in [0, 0.05) is 57.7 Å². The van der Waals surface area contributed by atoms with Crippen molar-refractivity contribution >= 4 is 24.0 Å². The van der Waals surface area contributed by atoms with Gasteiger partial charge in [-0.1, -0.05) is 48.5 Å². The largest absolute Gasteiger partial charge is 0.465 e. The number of carbonyl (C=O) groups is 3. The van der Waals surface area contributed by atoms with Crippen LogP contribution in [0.15, 0.2) is 54.6 Å². The second-order valence-electron chi connectivity index (χ2n) is 8.13. The molecule has 32 heavy (non-hydrogen) atoms. The maximum absolute atomic E-state index is 12.3. The summed E-state index contributed by atoms with van der Waals surface area (Å²) in [5.41, 5.74) is 2.62. The van der Waals surface area contributed by atoms with Gasteiger partial charge in [-0.05, 0) is 24.5 Å². The zero-order valence-corrected chi connectivity index (χ0v) is 18.5. The quantitative estimate of drug-likeness (QED) is 0.605. The highest BCUT2D eigenvalue weighted by Gasteiger charge is 2.30. The highest BCUT2D eigenvalue weighted by molar-refractivity contribution is 5.93. The van der Waals surface area contributed by atoms with Gasteiger partial charge in [-0.2, -0.15) is 0 Å². The Morgan fingerprint density at radius 3 is 2.38 bits per heavy atom. The molecular formula is C25H31N3O4. The lowest BCUT2D eigenvalue weighted by molar-refractivity contribution is -0.131. The maximum atomic E-state index is 12.3. The summed E-state index contributed by atoms with van der Waals surface area (Å²) in [6.07, 6.45) is 1.80. The van der Waals surface area contributed by atoms with Crippen LogP contribution < -0.4 is 4.90 Å². The van der Waals surface area contributed by atoms with Crippen molar-refractivity contribution in [1.29, 1.82) is 0 Å². The number of hydrogen-bond acceptors (Lipinski definition) is 4. The Bertz CT molecular complexity index is 910. The molecule has 7 nitrogen and oxygen atoms in total. The molecule has 170 valence electrons. The number of aldehydes is 1.